The van der Waals surface area contributed by atoms with Crippen LogP contribution >= 0.6 is 35.3 Å². The molecule has 0 aromatic heterocycles. The molecule has 0 saturated carbocycles. The van der Waals surface area contributed by atoms with Crippen molar-refractivity contribution in [1.82, 2.24) is 0 Å². The third kappa shape index (κ3) is 3.05. The topological polar surface area (TPSA) is 9.23 Å². The zero-order valence-electron chi connectivity index (χ0n) is 3.10. The van der Waals surface area contributed by atoms with Crippen molar-refractivity contribution in [3.63, 3.8) is 0 Å². The van der Waals surface area contributed by atoms with Gasteiger partial charge in [-0.3, -0.25) is 0 Å². The molecule has 0 unspecified atom stereocenters. The Hall–Kier alpha value is 0.845. The van der Waals surface area contributed by atoms with Crippen molar-refractivity contribution in [1.29, 1.82) is 0 Å². The van der Waals surface area contributed by atoms with Crippen LogP contribution in [0, 0.1) is 0 Å². The first-order valence-corrected chi connectivity index (χ1v) is 2.99. The van der Waals surface area contributed by atoms with Crippen molar-refractivity contribution in [3.8, 4) is 0 Å². The summed E-state index contributed by atoms with van der Waals surface area (Å²) >= 11 is 5.57. The largest absolute Gasteiger partial charge is 0.405 e. The van der Waals surface area contributed by atoms with Gasteiger partial charge in [-0.05, 0) is 12.9 Å². The maximum Gasteiger partial charge on any atom is 0.405 e. The minimum Gasteiger partial charge on any atom is -0.359 e. The Morgan fingerprint density at radius 3 is 2.50 bits per heavy atom. The van der Waals surface area contributed by atoms with Crippen LogP contribution in [0.25, 0.3) is 0 Å². The van der Waals surface area contributed by atoms with Gasteiger partial charge < -0.3 is 4.10 Å². The van der Waals surface area contributed by atoms with E-state index < -0.39 is 0 Å². The van der Waals surface area contributed by atoms with Gasteiger partial charge in [0, 0.05) is 0 Å². The van der Waals surface area contributed by atoms with E-state index in [0.29, 0.717) is 0 Å². The molecule has 0 saturated heterocycles. The molecule has 0 N–H and O–H groups in total. The minimum absolute atomic E-state index is 0.0333. The highest BCUT2D eigenvalue weighted by atomic mass is 127. The molecule has 4 heteroatoms. The second kappa shape index (κ2) is 4.02. The molecule has 0 aliphatic carbocycles. The summed E-state index contributed by atoms with van der Waals surface area (Å²) in [6.45, 7) is 3.45. The van der Waals surface area contributed by atoms with E-state index >= 15 is 0 Å². The number of halogens is 1. The summed E-state index contributed by atoms with van der Waals surface area (Å²) in [5.41, 5.74) is 0. The fourth-order valence-corrected chi connectivity index (χ4v) is 0.129. The van der Waals surface area contributed by atoms with Crippen LogP contribution in [0.3, 0.4) is 0 Å². The molecule has 0 aliphatic rings. The van der Waals surface area contributed by atoms with Gasteiger partial charge in [0.1, 0.15) is 0 Å². The molecule has 0 rings (SSSR count). The molecular weight excluding hydrogens is 210 g/mol. The van der Waals surface area contributed by atoms with Crippen LogP contribution in [0.4, 0.5) is 0 Å². The molecule has 0 bridgehead atoms. The van der Waals surface area contributed by atoms with Gasteiger partial charge in [0.2, 0.25) is 0 Å². The monoisotopic (exact) mass is 214 g/mol. The molecule has 6 heavy (non-hydrogen) atoms. The first kappa shape index (κ1) is 6.84. The Kier molecular flexibility index (Phi) is 4.58. The highest BCUT2D eigenvalue weighted by Crippen LogP contribution is 1.97. The number of hydrogen-bond acceptors (Lipinski definition) is 2. The summed E-state index contributed by atoms with van der Waals surface area (Å²) in [5, 5.41) is 0. The molecule has 0 aromatic rings. The van der Waals surface area contributed by atoms with Crippen molar-refractivity contribution in [3.05, 3.63) is 12.6 Å². The van der Waals surface area contributed by atoms with E-state index in [-0.39, 0.29) is 4.77 Å². The van der Waals surface area contributed by atoms with E-state index in [1.165, 1.54) is 0 Å². The van der Waals surface area contributed by atoms with Gasteiger partial charge >= 0.3 is 4.77 Å². The van der Waals surface area contributed by atoms with Crippen LogP contribution in [0.5, 0.6) is 0 Å². The van der Waals surface area contributed by atoms with E-state index in [1.807, 2.05) is 0 Å². The van der Waals surface area contributed by atoms with E-state index in [1.54, 1.807) is 5.98 Å². The molecule has 1 nitrogen and oxygen atoms in total. The Bertz CT molecular complexity index is 50.8. The second-order valence-corrected chi connectivity index (χ2v) is 2.13. The third-order valence-electron chi connectivity index (χ3n) is 0.286. The number of rotatable bonds is 2. The van der Waals surface area contributed by atoms with Crippen molar-refractivity contribution < 1.29 is 4.10 Å². The van der Waals surface area contributed by atoms with E-state index in [0.717, 1.165) is 0 Å². The zero-order chi connectivity index (χ0) is 4.99. The molecule has 0 heterocycles. The smallest absolute Gasteiger partial charge is 0.359 e. The lowest BCUT2D eigenvalue weighted by Crippen LogP contribution is -1.94. The summed E-state index contributed by atoms with van der Waals surface area (Å²) in [6.07, 6.45) is 0. The summed E-state index contributed by atoms with van der Waals surface area (Å²) in [5.74, 6) is 1.66. The fourth-order valence-electron chi connectivity index (χ4n) is 0.0430. The fraction of sp³-hybridized carbons (Fsp3) is 0. The maximum absolute atomic E-state index is 4.46. The molecule has 0 spiro atoms. The van der Waals surface area contributed by atoms with Crippen LogP contribution < -0.4 is 0 Å². The number of thiol groups is 1. The number of hydrogen-bond donors (Lipinski definition) is 1. The average Bonchev–Trinajstić information content (AvgIpc) is 1.65. The van der Waals surface area contributed by atoms with Gasteiger partial charge in [-0.25, -0.2) is 0 Å². The van der Waals surface area contributed by atoms with Crippen molar-refractivity contribution >= 4 is 40.1 Å². The summed E-state index contributed by atoms with van der Waals surface area (Å²) in [6, 6.07) is 0. The molecule has 0 aromatic carbocycles. The van der Waals surface area contributed by atoms with Crippen LogP contribution in [-0.2, 0) is 4.10 Å². The normalized spacial score (nSPS) is 7.67. The standard InChI is InChI=1S/C2H4BIOS/c1-2-3(4)5-6/h2,6H,1H2. The van der Waals surface area contributed by atoms with Crippen LogP contribution in [0.1, 0.15) is 0 Å². The van der Waals surface area contributed by atoms with Gasteiger partial charge in [-0.2, -0.15) is 0 Å². The maximum atomic E-state index is 4.46. The summed E-state index contributed by atoms with van der Waals surface area (Å²) in [7, 11) is 0. The van der Waals surface area contributed by atoms with Crippen LogP contribution in [-0.4, -0.2) is 4.77 Å². The lowest BCUT2D eigenvalue weighted by molar-refractivity contribution is 0.721. The molecule has 0 radical (unpaired) electrons. The van der Waals surface area contributed by atoms with Crippen molar-refractivity contribution in [2.45, 2.75) is 0 Å². The predicted octanol–water partition coefficient (Wildman–Crippen LogP) is 1.50. The molecule has 0 fully saturated rings. The minimum atomic E-state index is 0.0333. The van der Waals surface area contributed by atoms with Crippen molar-refractivity contribution in [2.75, 3.05) is 0 Å². The summed E-state index contributed by atoms with van der Waals surface area (Å²) < 4.78 is 4.50. The predicted molar refractivity (Wildman–Crippen MR) is 40.0 cm³/mol. The zero-order valence-corrected chi connectivity index (χ0v) is 6.15. The Labute approximate surface area is 56.7 Å². The Morgan fingerprint density at radius 2 is 2.50 bits per heavy atom. The van der Waals surface area contributed by atoms with Gasteiger partial charge in [-0.15, -0.1) is 29.0 Å². The van der Waals surface area contributed by atoms with Gasteiger partial charge in [0.25, 0.3) is 0 Å². The Balaban J connectivity index is 2.96. The highest BCUT2D eigenvalue weighted by Gasteiger charge is 1.98. The quantitative estimate of drug-likeness (QED) is 0.317. The van der Waals surface area contributed by atoms with Gasteiger partial charge in [-0.1, -0.05) is 5.98 Å². The van der Waals surface area contributed by atoms with Crippen molar-refractivity contribution in [2.24, 2.45) is 0 Å². The van der Waals surface area contributed by atoms with Crippen LogP contribution in [0.15, 0.2) is 12.6 Å². The van der Waals surface area contributed by atoms with Crippen LogP contribution in [0.2, 0.25) is 0 Å². The molecule has 0 atom stereocenters. The molecular formula is C2H4BIOS. The second-order valence-electron chi connectivity index (χ2n) is 0.692. The highest BCUT2D eigenvalue weighted by molar-refractivity contribution is 14.1. The average molecular weight is 214 g/mol. The molecule has 0 amide bonds. The lowest BCUT2D eigenvalue weighted by atomic mass is 10.0. The van der Waals surface area contributed by atoms with Gasteiger partial charge in [0.15, 0.2) is 0 Å². The SMILES string of the molecule is C=CB(I)OS. The van der Waals surface area contributed by atoms with E-state index in [4.69, 9.17) is 0 Å². The van der Waals surface area contributed by atoms with E-state index in [9.17, 15) is 0 Å². The summed E-state index contributed by atoms with van der Waals surface area (Å²) in [4.78, 5) is 0. The third-order valence-corrected chi connectivity index (χ3v) is 1.68. The van der Waals surface area contributed by atoms with E-state index in [2.05, 4.69) is 46.0 Å². The first-order chi connectivity index (χ1) is 2.81. The van der Waals surface area contributed by atoms with Gasteiger partial charge in [0.05, 0.1) is 0 Å². The molecule has 34 valence electrons. The first-order valence-electron chi connectivity index (χ1n) is 1.38. The Morgan fingerprint density at radius 1 is 2.00 bits per heavy atom. The molecule has 0 aliphatic heterocycles. The lowest BCUT2D eigenvalue weighted by Gasteiger charge is -1.87.